The fourth-order valence-corrected chi connectivity index (χ4v) is 1.80. The van der Waals surface area contributed by atoms with Gasteiger partial charge in [-0.1, -0.05) is 12.1 Å². The summed E-state index contributed by atoms with van der Waals surface area (Å²) in [5.41, 5.74) is 2.44. The number of hydrogen-bond donors (Lipinski definition) is 2. The predicted molar refractivity (Wildman–Crippen MR) is 84.3 cm³/mol. The third-order valence-corrected chi connectivity index (χ3v) is 3.17. The molecule has 5 nitrogen and oxygen atoms in total. The van der Waals surface area contributed by atoms with Crippen LogP contribution in [0.3, 0.4) is 0 Å². The molecule has 112 valence electrons. The van der Waals surface area contributed by atoms with E-state index < -0.39 is 0 Å². The molecule has 0 spiro atoms. The summed E-state index contributed by atoms with van der Waals surface area (Å²) in [6, 6.07) is 8.69. The average molecular weight is 278 g/mol. The lowest BCUT2D eigenvalue weighted by Gasteiger charge is -2.18. The van der Waals surface area contributed by atoms with Gasteiger partial charge in [0.05, 0.1) is 0 Å². The molecule has 0 saturated carbocycles. The van der Waals surface area contributed by atoms with Crippen molar-refractivity contribution in [2.75, 3.05) is 46.2 Å². The minimum Gasteiger partial charge on any atom is -0.378 e. The van der Waals surface area contributed by atoms with Crippen molar-refractivity contribution in [2.45, 2.75) is 13.0 Å². The van der Waals surface area contributed by atoms with Crippen LogP contribution in [-0.4, -0.2) is 52.2 Å². The van der Waals surface area contributed by atoms with Gasteiger partial charge in [-0.05, 0) is 24.6 Å². The highest BCUT2D eigenvalue weighted by atomic mass is 16.2. The molecule has 1 aromatic rings. The van der Waals surface area contributed by atoms with Gasteiger partial charge in [0, 0.05) is 53.0 Å². The van der Waals surface area contributed by atoms with Gasteiger partial charge >= 0.3 is 6.03 Å². The Morgan fingerprint density at radius 2 is 1.70 bits per heavy atom. The van der Waals surface area contributed by atoms with Gasteiger partial charge in [-0.3, -0.25) is 0 Å². The van der Waals surface area contributed by atoms with Crippen LogP contribution in [0.15, 0.2) is 24.3 Å². The molecular formula is C15H26N4O. The summed E-state index contributed by atoms with van der Waals surface area (Å²) >= 11 is 0. The fourth-order valence-electron chi connectivity index (χ4n) is 1.80. The summed E-state index contributed by atoms with van der Waals surface area (Å²) < 4.78 is 0. The summed E-state index contributed by atoms with van der Waals surface area (Å²) in [7, 11) is 7.53. The highest BCUT2D eigenvalue weighted by Crippen LogP contribution is 2.17. The Morgan fingerprint density at radius 1 is 1.10 bits per heavy atom. The van der Waals surface area contributed by atoms with Gasteiger partial charge in [0.15, 0.2) is 0 Å². The van der Waals surface area contributed by atoms with Crippen molar-refractivity contribution in [1.29, 1.82) is 0 Å². The van der Waals surface area contributed by atoms with Gasteiger partial charge < -0.3 is 20.4 Å². The predicted octanol–water partition coefficient (Wildman–Crippen LogP) is 1.67. The molecule has 0 aromatic heterocycles. The molecule has 0 radical (unpaired) electrons. The summed E-state index contributed by atoms with van der Waals surface area (Å²) in [5.74, 6) is 0. The molecule has 0 aliphatic carbocycles. The van der Waals surface area contributed by atoms with Crippen molar-refractivity contribution >= 4 is 11.7 Å². The molecule has 2 N–H and O–H groups in total. The zero-order valence-electron chi connectivity index (χ0n) is 13.1. The molecule has 0 aliphatic heterocycles. The number of nitrogens with zero attached hydrogens (tertiary/aromatic N) is 2. The largest absolute Gasteiger partial charge is 0.378 e. The Morgan fingerprint density at radius 3 is 2.20 bits per heavy atom. The van der Waals surface area contributed by atoms with Gasteiger partial charge in [-0.2, -0.15) is 0 Å². The van der Waals surface area contributed by atoms with E-state index >= 15 is 0 Å². The summed E-state index contributed by atoms with van der Waals surface area (Å²) in [6.45, 7) is 3.49. The minimum atomic E-state index is -0.0604. The molecular weight excluding hydrogens is 252 g/mol. The van der Waals surface area contributed by atoms with Crippen molar-refractivity contribution in [2.24, 2.45) is 0 Å². The third kappa shape index (κ3) is 5.09. The van der Waals surface area contributed by atoms with Crippen molar-refractivity contribution in [3.63, 3.8) is 0 Å². The molecule has 0 saturated heterocycles. The lowest BCUT2D eigenvalue weighted by molar-refractivity contribution is 0.217. The van der Waals surface area contributed by atoms with E-state index in [4.69, 9.17) is 0 Å². The molecule has 1 aromatic carbocycles. The first kappa shape index (κ1) is 16.3. The summed E-state index contributed by atoms with van der Waals surface area (Å²) in [5, 5.41) is 6.23. The second kappa shape index (κ2) is 7.75. The highest BCUT2D eigenvalue weighted by molar-refractivity contribution is 5.73. The lowest BCUT2D eigenvalue weighted by Crippen LogP contribution is -2.38. The molecule has 1 atom stereocenters. The van der Waals surface area contributed by atoms with E-state index in [0.717, 1.165) is 6.54 Å². The normalized spacial score (nSPS) is 11.8. The Labute approximate surface area is 121 Å². The van der Waals surface area contributed by atoms with Gasteiger partial charge in [-0.15, -0.1) is 0 Å². The van der Waals surface area contributed by atoms with E-state index in [9.17, 15) is 4.79 Å². The Balaban J connectivity index is 2.35. The first-order chi connectivity index (χ1) is 9.41. The summed E-state index contributed by atoms with van der Waals surface area (Å²) in [4.78, 5) is 15.0. The Hall–Kier alpha value is -1.75. The van der Waals surface area contributed by atoms with Gasteiger partial charge in [0.25, 0.3) is 0 Å². The first-order valence-corrected chi connectivity index (χ1v) is 6.87. The molecule has 0 fully saturated rings. The number of carbonyl (C=O) groups is 1. The number of nitrogens with one attached hydrogen (secondary N) is 2. The monoisotopic (exact) mass is 278 g/mol. The van der Waals surface area contributed by atoms with Gasteiger partial charge in [0.2, 0.25) is 0 Å². The number of urea groups is 1. The Bertz CT molecular complexity index is 414. The standard InChI is InChI=1S/C15H26N4O/c1-12(16-10-11-17-15(20)19(4)5)13-6-8-14(9-7-13)18(2)3/h6-9,12,16H,10-11H2,1-5H3,(H,17,20). The molecule has 5 heteroatoms. The van der Waals surface area contributed by atoms with E-state index in [0.29, 0.717) is 6.54 Å². The third-order valence-electron chi connectivity index (χ3n) is 3.17. The van der Waals surface area contributed by atoms with E-state index in [1.54, 1.807) is 14.1 Å². The maximum Gasteiger partial charge on any atom is 0.316 e. The topological polar surface area (TPSA) is 47.6 Å². The second-order valence-corrected chi connectivity index (χ2v) is 5.29. The summed E-state index contributed by atoms with van der Waals surface area (Å²) in [6.07, 6.45) is 0. The van der Waals surface area contributed by atoms with E-state index in [1.165, 1.54) is 16.2 Å². The number of rotatable bonds is 6. The molecule has 20 heavy (non-hydrogen) atoms. The van der Waals surface area contributed by atoms with Crippen molar-refractivity contribution in [1.82, 2.24) is 15.5 Å². The van der Waals surface area contributed by atoms with Crippen LogP contribution in [0, 0.1) is 0 Å². The molecule has 0 aliphatic rings. The SMILES string of the molecule is CC(NCCNC(=O)N(C)C)c1ccc(N(C)C)cc1. The molecule has 1 unspecified atom stereocenters. The zero-order chi connectivity index (χ0) is 15.1. The van der Waals surface area contributed by atoms with Gasteiger partial charge in [-0.25, -0.2) is 4.79 Å². The smallest absolute Gasteiger partial charge is 0.316 e. The number of hydrogen-bond acceptors (Lipinski definition) is 3. The van der Waals surface area contributed by atoms with Crippen LogP contribution >= 0.6 is 0 Å². The molecule has 0 bridgehead atoms. The van der Waals surface area contributed by atoms with Crippen LogP contribution in [-0.2, 0) is 0 Å². The average Bonchev–Trinajstić information content (AvgIpc) is 2.43. The molecule has 0 heterocycles. The maximum absolute atomic E-state index is 11.3. The number of anilines is 1. The quantitative estimate of drug-likeness (QED) is 0.778. The molecule has 1 rings (SSSR count). The van der Waals surface area contributed by atoms with Crippen LogP contribution in [0.4, 0.5) is 10.5 Å². The van der Waals surface area contributed by atoms with Gasteiger partial charge in [0.1, 0.15) is 0 Å². The number of amides is 2. The second-order valence-electron chi connectivity index (χ2n) is 5.29. The number of benzene rings is 1. The van der Waals surface area contributed by atoms with E-state index in [-0.39, 0.29) is 12.1 Å². The van der Waals surface area contributed by atoms with Crippen LogP contribution in [0.2, 0.25) is 0 Å². The van der Waals surface area contributed by atoms with Crippen LogP contribution < -0.4 is 15.5 Å². The fraction of sp³-hybridized carbons (Fsp3) is 0.533. The zero-order valence-corrected chi connectivity index (χ0v) is 13.1. The van der Waals surface area contributed by atoms with Crippen LogP contribution in [0.25, 0.3) is 0 Å². The highest BCUT2D eigenvalue weighted by Gasteiger charge is 2.06. The van der Waals surface area contributed by atoms with E-state index in [2.05, 4.69) is 46.7 Å². The van der Waals surface area contributed by atoms with Crippen molar-refractivity contribution in [3.8, 4) is 0 Å². The number of carbonyl (C=O) groups excluding carboxylic acids is 1. The first-order valence-electron chi connectivity index (χ1n) is 6.87. The molecule has 2 amide bonds. The lowest BCUT2D eigenvalue weighted by atomic mass is 10.1. The Kier molecular flexibility index (Phi) is 6.31. The van der Waals surface area contributed by atoms with Crippen LogP contribution in [0.5, 0.6) is 0 Å². The van der Waals surface area contributed by atoms with E-state index in [1.807, 2.05) is 14.1 Å². The maximum atomic E-state index is 11.3. The minimum absolute atomic E-state index is 0.0604. The van der Waals surface area contributed by atoms with Crippen LogP contribution in [0.1, 0.15) is 18.5 Å². The van der Waals surface area contributed by atoms with Crippen molar-refractivity contribution < 1.29 is 4.79 Å². The van der Waals surface area contributed by atoms with Crippen molar-refractivity contribution in [3.05, 3.63) is 29.8 Å².